The van der Waals surface area contributed by atoms with Gasteiger partial charge in [0.15, 0.2) is 5.65 Å². The highest BCUT2D eigenvalue weighted by Gasteiger charge is 2.17. The minimum Gasteiger partial charge on any atom is -0.323 e. The van der Waals surface area contributed by atoms with Gasteiger partial charge in [0.25, 0.3) is 0 Å². The summed E-state index contributed by atoms with van der Waals surface area (Å²) in [4.78, 5) is 17.3. The normalized spacial score (nSPS) is 12.0. The molecule has 150 valence electrons. The second kappa shape index (κ2) is 6.99. The zero-order valence-corrected chi connectivity index (χ0v) is 17.5. The Morgan fingerprint density at radius 1 is 1.17 bits per heavy atom. The maximum absolute atomic E-state index is 12.5. The summed E-state index contributed by atoms with van der Waals surface area (Å²) in [6.07, 6.45) is 4.52. The van der Waals surface area contributed by atoms with Gasteiger partial charge < -0.3 is 5.32 Å². The molecule has 0 bridgehead atoms. The lowest BCUT2D eigenvalue weighted by atomic mass is 10.1. The van der Waals surface area contributed by atoms with E-state index in [0.717, 1.165) is 33.5 Å². The summed E-state index contributed by atoms with van der Waals surface area (Å²) in [5.74, 6) is -0.0389. The maximum atomic E-state index is 12.5. The third-order valence-corrected chi connectivity index (χ3v) is 5.17. The van der Waals surface area contributed by atoms with Gasteiger partial charge in [-0.25, -0.2) is 9.50 Å². The van der Waals surface area contributed by atoms with Gasteiger partial charge in [0.05, 0.1) is 22.9 Å². The molecule has 7 nitrogen and oxygen atoms in total. The lowest BCUT2D eigenvalue weighted by molar-refractivity contribution is -0.116. The van der Waals surface area contributed by atoms with E-state index in [9.17, 15) is 4.79 Å². The fraction of sp³-hybridized carbons (Fsp3) is 0.364. The summed E-state index contributed by atoms with van der Waals surface area (Å²) >= 11 is 0. The van der Waals surface area contributed by atoms with Crippen molar-refractivity contribution in [2.75, 3.05) is 5.32 Å². The zero-order valence-electron chi connectivity index (χ0n) is 17.5. The van der Waals surface area contributed by atoms with Crippen LogP contribution in [0.1, 0.15) is 44.1 Å². The number of aromatic nitrogens is 5. The van der Waals surface area contributed by atoms with Crippen LogP contribution in [0, 0.1) is 13.8 Å². The Balaban J connectivity index is 1.53. The Hall–Kier alpha value is -3.22. The van der Waals surface area contributed by atoms with E-state index in [0.29, 0.717) is 18.5 Å². The molecule has 0 saturated carbocycles. The molecule has 0 atom stereocenters. The minimum absolute atomic E-state index is 0.0389. The average Bonchev–Trinajstić information content (AvgIpc) is 3.26. The molecule has 0 unspecified atom stereocenters. The van der Waals surface area contributed by atoms with Crippen LogP contribution in [-0.4, -0.2) is 30.3 Å². The van der Waals surface area contributed by atoms with Crippen LogP contribution < -0.4 is 5.32 Å². The number of rotatable bonds is 4. The number of aryl methyl sites for hydroxylation is 2. The fourth-order valence-corrected chi connectivity index (χ4v) is 3.55. The van der Waals surface area contributed by atoms with Gasteiger partial charge in [-0.05, 0) is 58.7 Å². The van der Waals surface area contributed by atoms with Crippen LogP contribution in [0.3, 0.4) is 0 Å². The van der Waals surface area contributed by atoms with Crippen molar-refractivity contribution in [1.82, 2.24) is 24.4 Å². The molecule has 0 fully saturated rings. The molecule has 0 spiro atoms. The number of nitrogens with one attached hydrogen (secondary N) is 1. The van der Waals surface area contributed by atoms with Gasteiger partial charge in [-0.15, -0.1) is 0 Å². The number of anilines is 1. The number of fused-ring (bicyclic) bond motifs is 3. The lowest BCUT2D eigenvalue weighted by Crippen LogP contribution is -2.22. The Morgan fingerprint density at radius 3 is 2.66 bits per heavy atom. The minimum atomic E-state index is -0.119. The van der Waals surface area contributed by atoms with E-state index >= 15 is 0 Å². The molecule has 1 N–H and O–H groups in total. The monoisotopic (exact) mass is 390 g/mol. The van der Waals surface area contributed by atoms with Crippen molar-refractivity contribution in [3.05, 3.63) is 53.6 Å². The molecule has 4 aromatic rings. The summed E-state index contributed by atoms with van der Waals surface area (Å²) in [7, 11) is 0. The molecular weight excluding hydrogens is 364 g/mol. The van der Waals surface area contributed by atoms with Gasteiger partial charge in [0, 0.05) is 29.4 Å². The lowest BCUT2D eigenvalue weighted by Gasteiger charge is -2.18. The molecule has 3 heterocycles. The van der Waals surface area contributed by atoms with Crippen molar-refractivity contribution in [2.45, 2.75) is 53.0 Å². The first-order chi connectivity index (χ1) is 13.7. The Morgan fingerprint density at radius 2 is 1.93 bits per heavy atom. The first-order valence-electron chi connectivity index (χ1n) is 9.82. The summed E-state index contributed by atoms with van der Waals surface area (Å²) in [6.45, 7) is 10.2. The molecule has 1 aromatic carbocycles. The fourth-order valence-electron chi connectivity index (χ4n) is 3.55. The van der Waals surface area contributed by atoms with Crippen LogP contribution in [0.15, 0.2) is 36.7 Å². The highest BCUT2D eigenvalue weighted by Crippen LogP contribution is 2.23. The molecule has 7 heteroatoms. The van der Waals surface area contributed by atoms with Gasteiger partial charge in [-0.3, -0.25) is 9.48 Å². The van der Waals surface area contributed by atoms with Gasteiger partial charge in [0.1, 0.15) is 0 Å². The van der Waals surface area contributed by atoms with E-state index < -0.39 is 0 Å². The van der Waals surface area contributed by atoms with Crippen LogP contribution in [0.2, 0.25) is 0 Å². The van der Waals surface area contributed by atoms with Crippen molar-refractivity contribution >= 4 is 28.1 Å². The molecule has 0 aliphatic heterocycles. The van der Waals surface area contributed by atoms with Crippen molar-refractivity contribution in [1.29, 1.82) is 0 Å². The van der Waals surface area contributed by atoms with E-state index in [-0.39, 0.29) is 11.4 Å². The Bertz CT molecular complexity index is 1210. The van der Waals surface area contributed by atoms with Crippen molar-refractivity contribution in [2.24, 2.45) is 0 Å². The van der Waals surface area contributed by atoms with Gasteiger partial charge >= 0.3 is 0 Å². The molecule has 1 amide bonds. The number of carbonyl (C=O) groups excluding carboxylic acids is 1. The molecule has 4 rings (SSSR count). The molecule has 0 aliphatic rings. The molecule has 0 saturated heterocycles. The number of nitrogens with zero attached hydrogens (tertiary/aromatic N) is 5. The van der Waals surface area contributed by atoms with E-state index in [4.69, 9.17) is 4.98 Å². The predicted molar refractivity (Wildman–Crippen MR) is 114 cm³/mol. The quantitative estimate of drug-likeness (QED) is 0.571. The predicted octanol–water partition coefficient (Wildman–Crippen LogP) is 4.02. The average molecular weight is 390 g/mol. The Labute approximate surface area is 169 Å². The van der Waals surface area contributed by atoms with Gasteiger partial charge in [-0.2, -0.15) is 10.2 Å². The van der Waals surface area contributed by atoms with Crippen molar-refractivity contribution < 1.29 is 4.79 Å². The summed E-state index contributed by atoms with van der Waals surface area (Å²) in [5, 5.41) is 13.0. The van der Waals surface area contributed by atoms with Crippen LogP contribution in [-0.2, 0) is 16.8 Å². The van der Waals surface area contributed by atoms with Crippen LogP contribution in [0.4, 0.5) is 5.69 Å². The second-order valence-corrected chi connectivity index (χ2v) is 8.41. The maximum Gasteiger partial charge on any atom is 0.224 e. The molecule has 3 aromatic heterocycles. The third kappa shape index (κ3) is 3.60. The zero-order chi connectivity index (χ0) is 20.8. The second-order valence-electron chi connectivity index (χ2n) is 8.41. The van der Waals surface area contributed by atoms with E-state index in [1.54, 1.807) is 6.20 Å². The Kier molecular flexibility index (Phi) is 4.61. The first kappa shape index (κ1) is 19.1. The van der Waals surface area contributed by atoms with Crippen LogP contribution in [0.5, 0.6) is 0 Å². The number of hydrogen-bond acceptors (Lipinski definition) is 4. The van der Waals surface area contributed by atoms with Crippen molar-refractivity contribution in [3.63, 3.8) is 0 Å². The summed E-state index contributed by atoms with van der Waals surface area (Å²) in [5.41, 5.74) is 5.40. The summed E-state index contributed by atoms with van der Waals surface area (Å²) < 4.78 is 3.73. The number of benzene rings is 1. The smallest absolute Gasteiger partial charge is 0.224 e. The standard InChI is InChI=1S/C22H26N6O/c1-14-17(10-11-20(29)25-16-12-23-27(13-16)22(3,4)5)15(2)28-21(24-14)18-8-6-7-9-19(18)26-28/h6-9,12-13H,10-11H2,1-5H3,(H,25,29). The van der Waals surface area contributed by atoms with E-state index in [2.05, 4.69) is 36.3 Å². The number of carbonyl (C=O) groups is 1. The SMILES string of the molecule is Cc1nc2c3ccccc3nn2c(C)c1CCC(=O)Nc1cnn(C(C)(C)C)c1. The van der Waals surface area contributed by atoms with Gasteiger partial charge in [0.2, 0.25) is 5.91 Å². The topological polar surface area (TPSA) is 77.1 Å². The molecule has 0 aliphatic carbocycles. The molecule has 0 radical (unpaired) electrons. The molecular formula is C22H26N6O. The van der Waals surface area contributed by atoms with E-state index in [1.807, 2.05) is 53.5 Å². The summed E-state index contributed by atoms with van der Waals surface area (Å²) in [6, 6.07) is 8.00. The first-order valence-corrected chi connectivity index (χ1v) is 9.82. The van der Waals surface area contributed by atoms with Crippen molar-refractivity contribution in [3.8, 4) is 0 Å². The van der Waals surface area contributed by atoms with Crippen LogP contribution >= 0.6 is 0 Å². The number of hydrogen-bond donors (Lipinski definition) is 1. The number of amides is 1. The van der Waals surface area contributed by atoms with E-state index in [1.165, 1.54) is 0 Å². The van der Waals surface area contributed by atoms with Crippen LogP contribution in [0.25, 0.3) is 16.6 Å². The highest BCUT2D eigenvalue weighted by molar-refractivity contribution is 5.92. The van der Waals surface area contributed by atoms with Gasteiger partial charge in [-0.1, -0.05) is 12.1 Å². The highest BCUT2D eigenvalue weighted by atomic mass is 16.1. The molecule has 29 heavy (non-hydrogen) atoms. The third-order valence-electron chi connectivity index (χ3n) is 5.17. The largest absolute Gasteiger partial charge is 0.323 e.